The molecule has 0 aliphatic carbocycles. The second-order valence-corrected chi connectivity index (χ2v) is 4.59. The topological polar surface area (TPSA) is 40.4 Å². The molecule has 1 aliphatic heterocycles. The van der Waals surface area contributed by atoms with Crippen molar-refractivity contribution < 1.29 is 4.42 Å². The Morgan fingerprint density at radius 1 is 1.62 bits per heavy atom. The van der Waals surface area contributed by atoms with Crippen LogP contribution in [0, 0.1) is 0 Å². The molecule has 4 heteroatoms. The van der Waals surface area contributed by atoms with E-state index < -0.39 is 0 Å². The van der Waals surface area contributed by atoms with E-state index in [4.69, 9.17) is 4.42 Å². The van der Waals surface area contributed by atoms with Gasteiger partial charge in [-0.05, 0) is 39.2 Å². The molecule has 2 unspecified atom stereocenters. The van der Waals surface area contributed by atoms with Gasteiger partial charge in [0.2, 0.25) is 0 Å². The zero-order valence-corrected chi connectivity index (χ0v) is 10.1. The predicted molar refractivity (Wildman–Crippen MR) is 64.4 cm³/mol. The molecule has 16 heavy (non-hydrogen) atoms. The molecule has 0 saturated carbocycles. The minimum atomic E-state index is 0.315. The van der Waals surface area contributed by atoms with Crippen LogP contribution in [0.2, 0.25) is 0 Å². The van der Waals surface area contributed by atoms with Gasteiger partial charge in [0.25, 0.3) is 0 Å². The number of likely N-dealkylation sites (N-methyl/N-ethyl adjacent to an activating group) is 1. The summed E-state index contributed by atoms with van der Waals surface area (Å²) in [5.41, 5.74) is 0. The zero-order chi connectivity index (χ0) is 11.4. The maximum Gasteiger partial charge on any atom is 0.122 e. The lowest BCUT2D eigenvalue weighted by Crippen LogP contribution is -2.38. The average molecular weight is 223 g/mol. The van der Waals surface area contributed by atoms with Gasteiger partial charge in [-0.15, -0.1) is 0 Å². The Labute approximate surface area is 97.0 Å². The van der Waals surface area contributed by atoms with E-state index in [1.54, 1.807) is 6.26 Å². The van der Waals surface area contributed by atoms with E-state index in [9.17, 15) is 0 Å². The van der Waals surface area contributed by atoms with Crippen molar-refractivity contribution in [3.05, 3.63) is 24.2 Å². The number of hydrogen-bond acceptors (Lipinski definition) is 4. The third kappa shape index (κ3) is 2.84. The predicted octanol–water partition coefficient (Wildman–Crippen LogP) is 0.834. The maximum atomic E-state index is 5.47. The van der Waals surface area contributed by atoms with Gasteiger partial charge in [-0.1, -0.05) is 0 Å². The molecule has 0 radical (unpaired) electrons. The maximum absolute atomic E-state index is 5.47. The SMILES string of the molecule is CN(C)C(CNC1CCNC1)c1ccco1. The van der Waals surface area contributed by atoms with E-state index >= 15 is 0 Å². The Morgan fingerprint density at radius 2 is 2.50 bits per heavy atom. The van der Waals surface area contributed by atoms with Crippen LogP contribution in [0.25, 0.3) is 0 Å². The second kappa shape index (κ2) is 5.48. The Balaban J connectivity index is 1.88. The fourth-order valence-electron chi connectivity index (χ4n) is 2.13. The van der Waals surface area contributed by atoms with Crippen molar-refractivity contribution in [2.24, 2.45) is 0 Å². The van der Waals surface area contributed by atoms with Gasteiger partial charge in [0.15, 0.2) is 0 Å². The lowest BCUT2D eigenvalue weighted by Gasteiger charge is -2.24. The summed E-state index contributed by atoms with van der Waals surface area (Å²) in [6.07, 6.45) is 2.96. The number of hydrogen-bond donors (Lipinski definition) is 2. The Kier molecular flexibility index (Phi) is 3.98. The monoisotopic (exact) mass is 223 g/mol. The van der Waals surface area contributed by atoms with Crippen LogP contribution in [0.15, 0.2) is 22.8 Å². The molecule has 0 aromatic carbocycles. The quantitative estimate of drug-likeness (QED) is 0.776. The smallest absolute Gasteiger partial charge is 0.122 e. The number of furan rings is 1. The molecule has 1 fully saturated rings. The molecule has 2 atom stereocenters. The van der Waals surface area contributed by atoms with E-state index in [0.29, 0.717) is 12.1 Å². The van der Waals surface area contributed by atoms with Crippen LogP contribution < -0.4 is 10.6 Å². The third-order valence-corrected chi connectivity index (χ3v) is 3.16. The molecular weight excluding hydrogens is 202 g/mol. The van der Waals surface area contributed by atoms with Gasteiger partial charge in [0, 0.05) is 19.1 Å². The summed E-state index contributed by atoms with van der Waals surface area (Å²) >= 11 is 0. The molecule has 1 aromatic rings. The Bertz CT molecular complexity index is 291. The molecule has 1 saturated heterocycles. The van der Waals surface area contributed by atoms with Crippen molar-refractivity contribution in [2.75, 3.05) is 33.7 Å². The summed E-state index contributed by atoms with van der Waals surface area (Å²) in [4.78, 5) is 2.19. The first kappa shape index (κ1) is 11.6. The summed E-state index contributed by atoms with van der Waals surface area (Å²) in [6.45, 7) is 3.15. The first-order chi connectivity index (χ1) is 7.77. The minimum absolute atomic E-state index is 0.315. The number of rotatable bonds is 5. The van der Waals surface area contributed by atoms with Crippen molar-refractivity contribution in [3.8, 4) is 0 Å². The van der Waals surface area contributed by atoms with Gasteiger partial charge in [0.05, 0.1) is 12.3 Å². The van der Waals surface area contributed by atoms with Crippen molar-refractivity contribution in [2.45, 2.75) is 18.5 Å². The summed E-state index contributed by atoms with van der Waals surface area (Å²) in [6, 6.07) is 4.91. The third-order valence-electron chi connectivity index (χ3n) is 3.16. The van der Waals surface area contributed by atoms with Crippen molar-refractivity contribution in [1.82, 2.24) is 15.5 Å². The second-order valence-electron chi connectivity index (χ2n) is 4.59. The van der Waals surface area contributed by atoms with E-state index in [1.807, 2.05) is 12.1 Å². The van der Waals surface area contributed by atoms with Crippen LogP contribution >= 0.6 is 0 Å². The van der Waals surface area contributed by atoms with E-state index in [2.05, 4.69) is 29.6 Å². The molecule has 2 rings (SSSR count). The number of nitrogens with zero attached hydrogens (tertiary/aromatic N) is 1. The van der Waals surface area contributed by atoms with E-state index in [1.165, 1.54) is 6.42 Å². The molecule has 0 bridgehead atoms. The van der Waals surface area contributed by atoms with Gasteiger partial charge in [0.1, 0.15) is 5.76 Å². The van der Waals surface area contributed by atoms with Crippen LogP contribution in [0.4, 0.5) is 0 Å². The van der Waals surface area contributed by atoms with Crippen molar-refractivity contribution in [1.29, 1.82) is 0 Å². The average Bonchev–Trinajstić information content (AvgIpc) is 2.88. The van der Waals surface area contributed by atoms with Crippen molar-refractivity contribution >= 4 is 0 Å². The normalized spacial score (nSPS) is 22.8. The highest BCUT2D eigenvalue weighted by atomic mass is 16.3. The molecule has 4 nitrogen and oxygen atoms in total. The molecular formula is C12H21N3O. The van der Waals surface area contributed by atoms with Crippen LogP contribution in [-0.4, -0.2) is 44.7 Å². The van der Waals surface area contributed by atoms with Gasteiger partial charge < -0.3 is 15.1 Å². The molecule has 2 N–H and O–H groups in total. The van der Waals surface area contributed by atoms with Crippen LogP contribution in [0.5, 0.6) is 0 Å². The molecule has 1 aliphatic rings. The van der Waals surface area contributed by atoms with Crippen LogP contribution in [-0.2, 0) is 0 Å². The first-order valence-electron chi connectivity index (χ1n) is 5.91. The Hall–Kier alpha value is -0.840. The van der Waals surface area contributed by atoms with Gasteiger partial charge >= 0.3 is 0 Å². The lowest BCUT2D eigenvalue weighted by atomic mass is 10.2. The lowest BCUT2D eigenvalue weighted by molar-refractivity contribution is 0.245. The molecule has 0 amide bonds. The fraction of sp³-hybridized carbons (Fsp3) is 0.667. The largest absolute Gasteiger partial charge is 0.468 e. The van der Waals surface area contributed by atoms with Gasteiger partial charge in [-0.3, -0.25) is 4.90 Å². The summed E-state index contributed by atoms with van der Waals surface area (Å²) in [5, 5.41) is 6.95. The summed E-state index contributed by atoms with van der Waals surface area (Å²) in [5.74, 6) is 1.03. The summed E-state index contributed by atoms with van der Waals surface area (Å²) in [7, 11) is 4.17. The minimum Gasteiger partial charge on any atom is -0.468 e. The first-order valence-corrected chi connectivity index (χ1v) is 5.91. The summed E-state index contributed by atoms with van der Waals surface area (Å²) < 4.78 is 5.47. The van der Waals surface area contributed by atoms with E-state index in [0.717, 1.165) is 25.4 Å². The van der Waals surface area contributed by atoms with Crippen LogP contribution in [0.3, 0.4) is 0 Å². The standard InChI is InChI=1S/C12H21N3O/c1-15(2)11(12-4-3-7-16-12)9-14-10-5-6-13-8-10/h3-4,7,10-11,13-14H,5-6,8-9H2,1-2H3. The molecule has 1 aromatic heterocycles. The highest BCUT2D eigenvalue weighted by molar-refractivity contribution is 5.05. The molecule has 0 spiro atoms. The highest BCUT2D eigenvalue weighted by Crippen LogP contribution is 2.17. The van der Waals surface area contributed by atoms with Gasteiger partial charge in [-0.2, -0.15) is 0 Å². The van der Waals surface area contributed by atoms with Crippen LogP contribution in [0.1, 0.15) is 18.2 Å². The molecule has 2 heterocycles. The zero-order valence-electron chi connectivity index (χ0n) is 10.1. The molecule has 90 valence electrons. The highest BCUT2D eigenvalue weighted by Gasteiger charge is 2.20. The van der Waals surface area contributed by atoms with E-state index in [-0.39, 0.29) is 0 Å². The van der Waals surface area contributed by atoms with Gasteiger partial charge in [-0.25, -0.2) is 0 Å². The Morgan fingerprint density at radius 3 is 3.06 bits per heavy atom. The number of nitrogens with one attached hydrogen (secondary N) is 2. The fourth-order valence-corrected chi connectivity index (χ4v) is 2.13. The van der Waals surface area contributed by atoms with Crippen molar-refractivity contribution in [3.63, 3.8) is 0 Å².